The number of hydrogen-bond donors (Lipinski definition) is 2. The molecule has 37 heavy (non-hydrogen) atoms. The number of anilines is 1. The summed E-state index contributed by atoms with van der Waals surface area (Å²) in [6, 6.07) is 23.5. The molecule has 0 unspecified atom stereocenters. The molecular weight excluding hydrogens is 470 g/mol. The molecule has 8 nitrogen and oxygen atoms in total. The normalized spacial score (nSPS) is 12.5. The number of rotatable bonds is 6. The monoisotopic (exact) mass is 493 g/mol. The summed E-state index contributed by atoms with van der Waals surface area (Å²) in [7, 11) is 1.71. The average Bonchev–Trinajstić information content (AvgIpc) is 2.94. The van der Waals surface area contributed by atoms with Crippen molar-refractivity contribution in [2.45, 2.75) is 6.54 Å². The van der Waals surface area contributed by atoms with E-state index in [4.69, 9.17) is 9.72 Å². The third-order valence-electron chi connectivity index (χ3n) is 6.22. The van der Waals surface area contributed by atoms with Gasteiger partial charge in [-0.2, -0.15) is 0 Å². The smallest absolute Gasteiger partial charge is 0.264 e. The molecular formula is C29H23N3O5. The van der Waals surface area contributed by atoms with Crippen molar-refractivity contribution < 1.29 is 24.2 Å². The summed E-state index contributed by atoms with van der Waals surface area (Å²) in [4.78, 5) is 42.0. The lowest BCUT2D eigenvalue weighted by Crippen LogP contribution is -2.35. The number of pyridine rings is 1. The molecule has 0 bridgehead atoms. The van der Waals surface area contributed by atoms with Gasteiger partial charge in [-0.3, -0.25) is 14.4 Å². The number of fused-ring (bicyclic) bond motifs is 1. The molecule has 2 N–H and O–H groups in total. The van der Waals surface area contributed by atoms with Gasteiger partial charge in [0.05, 0.1) is 11.3 Å². The van der Waals surface area contributed by atoms with Crippen LogP contribution in [0.5, 0.6) is 11.6 Å². The van der Waals surface area contributed by atoms with E-state index in [9.17, 15) is 19.5 Å². The van der Waals surface area contributed by atoms with E-state index < -0.39 is 0 Å². The molecule has 5 rings (SSSR count). The highest BCUT2D eigenvalue weighted by Crippen LogP contribution is 2.39. The molecule has 1 aliphatic heterocycles. The van der Waals surface area contributed by atoms with E-state index in [-0.39, 0.29) is 41.8 Å². The van der Waals surface area contributed by atoms with Crippen molar-refractivity contribution in [3.05, 3.63) is 95.6 Å². The molecule has 2 amide bonds. The zero-order valence-electron chi connectivity index (χ0n) is 20.0. The number of aromatic nitrogens is 1. The molecule has 1 aromatic heterocycles. The highest BCUT2D eigenvalue weighted by atomic mass is 16.5. The SMILES string of the molecule is CN1C(=O)COc2nc(-c3ccc(CNC(=O)c4ccc(O)c(C=O)c4)cc3)c(-c3ccccc3)cc21. The van der Waals surface area contributed by atoms with Crippen molar-refractivity contribution in [2.75, 3.05) is 18.6 Å². The van der Waals surface area contributed by atoms with Gasteiger partial charge in [0.1, 0.15) is 11.4 Å². The van der Waals surface area contributed by atoms with Gasteiger partial charge in [0, 0.05) is 30.3 Å². The summed E-state index contributed by atoms with van der Waals surface area (Å²) in [6.07, 6.45) is 0.504. The Morgan fingerprint density at radius 1 is 1.05 bits per heavy atom. The molecule has 1 aliphatic rings. The zero-order chi connectivity index (χ0) is 25.9. The number of carbonyl (C=O) groups excluding carboxylic acids is 3. The second-order valence-electron chi connectivity index (χ2n) is 8.59. The molecule has 184 valence electrons. The van der Waals surface area contributed by atoms with Crippen LogP contribution in [0.2, 0.25) is 0 Å². The fraction of sp³-hybridized carbons (Fsp3) is 0.103. The lowest BCUT2D eigenvalue weighted by molar-refractivity contribution is -0.121. The van der Waals surface area contributed by atoms with Crippen LogP contribution in [0.4, 0.5) is 5.69 Å². The van der Waals surface area contributed by atoms with Gasteiger partial charge in [-0.1, -0.05) is 54.6 Å². The summed E-state index contributed by atoms with van der Waals surface area (Å²) in [5, 5.41) is 12.5. The minimum atomic E-state index is -0.356. The van der Waals surface area contributed by atoms with E-state index in [0.717, 1.165) is 22.3 Å². The lowest BCUT2D eigenvalue weighted by atomic mass is 9.97. The zero-order valence-corrected chi connectivity index (χ0v) is 20.0. The van der Waals surface area contributed by atoms with Gasteiger partial charge in [0.25, 0.3) is 11.8 Å². The van der Waals surface area contributed by atoms with Crippen LogP contribution in [0.1, 0.15) is 26.3 Å². The molecule has 0 atom stereocenters. The fourth-order valence-corrected chi connectivity index (χ4v) is 4.11. The van der Waals surface area contributed by atoms with Crippen LogP contribution in [0.25, 0.3) is 22.4 Å². The van der Waals surface area contributed by atoms with Crippen molar-refractivity contribution in [1.29, 1.82) is 0 Å². The molecule has 8 heteroatoms. The predicted molar refractivity (Wildman–Crippen MR) is 139 cm³/mol. The van der Waals surface area contributed by atoms with Crippen LogP contribution in [0.15, 0.2) is 78.9 Å². The number of phenolic OH excluding ortho intramolecular Hbond substituents is 1. The van der Waals surface area contributed by atoms with E-state index in [2.05, 4.69) is 5.32 Å². The van der Waals surface area contributed by atoms with Crippen LogP contribution in [-0.4, -0.2) is 41.8 Å². The fourth-order valence-electron chi connectivity index (χ4n) is 4.11. The van der Waals surface area contributed by atoms with Crippen molar-refractivity contribution in [3.63, 3.8) is 0 Å². The molecule has 0 saturated heterocycles. The van der Waals surface area contributed by atoms with Gasteiger partial charge in [-0.25, -0.2) is 4.98 Å². The standard InChI is InChI=1S/C29H23N3O5/c1-32-24-14-23(19-5-3-2-4-6-19)27(31-29(24)37-17-26(32)35)20-9-7-18(8-10-20)15-30-28(36)21-11-12-25(34)22(13-21)16-33/h2-14,16,34H,15,17H2,1H3,(H,30,36). The Morgan fingerprint density at radius 3 is 2.54 bits per heavy atom. The summed E-state index contributed by atoms with van der Waals surface area (Å²) in [5.74, 6) is -0.263. The number of nitrogens with zero attached hydrogens (tertiary/aromatic N) is 2. The van der Waals surface area contributed by atoms with Crippen molar-refractivity contribution in [2.24, 2.45) is 0 Å². The van der Waals surface area contributed by atoms with Crippen LogP contribution in [0.3, 0.4) is 0 Å². The van der Waals surface area contributed by atoms with Crippen molar-refractivity contribution >= 4 is 23.8 Å². The molecule has 0 saturated carbocycles. The first-order valence-corrected chi connectivity index (χ1v) is 11.6. The van der Waals surface area contributed by atoms with E-state index in [1.54, 1.807) is 11.9 Å². The molecule has 4 aromatic rings. The second kappa shape index (κ2) is 9.94. The number of likely N-dealkylation sites (N-methyl/N-ethyl adjacent to an activating group) is 1. The maximum absolute atomic E-state index is 12.5. The van der Waals surface area contributed by atoms with Gasteiger partial charge < -0.3 is 20.1 Å². The molecule has 0 radical (unpaired) electrons. The summed E-state index contributed by atoms with van der Waals surface area (Å²) >= 11 is 0. The first kappa shape index (κ1) is 23.7. The van der Waals surface area contributed by atoms with E-state index in [1.807, 2.05) is 60.7 Å². The Morgan fingerprint density at radius 2 is 1.81 bits per heavy atom. The highest BCUT2D eigenvalue weighted by Gasteiger charge is 2.26. The van der Waals surface area contributed by atoms with Crippen LogP contribution >= 0.6 is 0 Å². The topological polar surface area (TPSA) is 109 Å². The predicted octanol–water partition coefficient (Wildman–Crippen LogP) is 4.22. The maximum Gasteiger partial charge on any atom is 0.264 e. The first-order chi connectivity index (χ1) is 17.9. The highest BCUT2D eigenvalue weighted by molar-refractivity contribution is 5.99. The van der Waals surface area contributed by atoms with Crippen LogP contribution in [-0.2, 0) is 11.3 Å². The van der Waals surface area contributed by atoms with Gasteiger partial charge in [0.15, 0.2) is 12.9 Å². The summed E-state index contributed by atoms with van der Waals surface area (Å²) in [5.41, 5.74) is 5.22. The van der Waals surface area contributed by atoms with E-state index >= 15 is 0 Å². The third kappa shape index (κ3) is 4.77. The molecule has 3 aromatic carbocycles. The second-order valence-corrected chi connectivity index (χ2v) is 8.59. The van der Waals surface area contributed by atoms with E-state index in [0.29, 0.717) is 23.5 Å². The Labute approximate surface area is 213 Å². The third-order valence-corrected chi connectivity index (χ3v) is 6.22. The Bertz CT molecular complexity index is 1500. The number of aldehydes is 1. The molecule has 0 fully saturated rings. The number of phenols is 1. The largest absolute Gasteiger partial charge is 0.507 e. The van der Waals surface area contributed by atoms with Gasteiger partial charge in [-0.05, 0) is 35.4 Å². The number of aromatic hydroxyl groups is 1. The lowest BCUT2D eigenvalue weighted by Gasteiger charge is -2.26. The van der Waals surface area contributed by atoms with Gasteiger partial charge >= 0.3 is 0 Å². The average molecular weight is 494 g/mol. The van der Waals surface area contributed by atoms with Gasteiger partial charge in [-0.15, -0.1) is 0 Å². The first-order valence-electron chi connectivity index (χ1n) is 11.6. The van der Waals surface area contributed by atoms with Gasteiger partial charge in [0.2, 0.25) is 5.88 Å². The van der Waals surface area contributed by atoms with Crippen molar-refractivity contribution in [1.82, 2.24) is 10.3 Å². The number of ether oxygens (including phenoxy) is 1. The molecule has 0 spiro atoms. The number of hydrogen-bond acceptors (Lipinski definition) is 6. The van der Waals surface area contributed by atoms with Crippen molar-refractivity contribution in [3.8, 4) is 34.0 Å². The van der Waals surface area contributed by atoms with E-state index in [1.165, 1.54) is 18.2 Å². The number of carbonyl (C=O) groups is 3. The number of benzene rings is 3. The minimum absolute atomic E-state index is 0.0586. The summed E-state index contributed by atoms with van der Waals surface area (Å²) < 4.78 is 5.63. The Balaban J connectivity index is 1.41. The summed E-state index contributed by atoms with van der Waals surface area (Å²) in [6.45, 7) is 0.213. The Hall–Kier alpha value is -4.98. The number of nitrogens with one attached hydrogen (secondary N) is 1. The van der Waals surface area contributed by atoms with Crippen LogP contribution in [0, 0.1) is 0 Å². The number of amides is 2. The quantitative estimate of drug-likeness (QED) is 0.390. The Kier molecular flexibility index (Phi) is 6.38. The molecule has 2 heterocycles. The van der Waals surface area contributed by atoms with Crippen LogP contribution < -0.4 is 15.0 Å². The maximum atomic E-state index is 12.5. The minimum Gasteiger partial charge on any atom is -0.507 e. The molecule has 0 aliphatic carbocycles.